The molecule has 1 fully saturated rings. The van der Waals surface area contributed by atoms with E-state index in [2.05, 4.69) is 9.97 Å². The van der Waals surface area contributed by atoms with Gasteiger partial charge in [-0.2, -0.15) is 9.29 Å². The van der Waals surface area contributed by atoms with Crippen molar-refractivity contribution in [3.8, 4) is 5.88 Å². The number of hydrogen-bond acceptors (Lipinski definition) is 7. The molecule has 0 saturated carbocycles. The average Bonchev–Trinajstić information content (AvgIpc) is 2.61. The van der Waals surface area contributed by atoms with E-state index in [0.29, 0.717) is 36.7 Å². The van der Waals surface area contributed by atoms with E-state index in [1.807, 2.05) is 6.92 Å². The molecule has 0 radical (unpaired) electrons. The number of sulfonamides is 1. The van der Waals surface area contributed by atoms with E-state index in [4.69, 9.17) is 4.74 Å². The summed E-state index contributed by atoms with van der Waals surface area (Å²) < 4.78 is 33.5. The fourth-order valence-electron chi connectivity index (χ4n) is 3.25. The molecule has 1 atom stereocenters. The van der Waals surface area contributed by atoms with Gasteiger partial charge in [0.2, 0.25) is 15.9 Å². The number of aryl methyl sites for hydroxylation is 3. The van der Waals surface area contributed by atoms with Gasteiger partial charge < -0.3 is 4.74 Å². The Labute approximate surface area is 163 Å². The van der Waals surface area contributed by atoms with Crippen LogP contribution in [0.3, 0.4) is 0 Å². The second-order valence-corrected chi connectivity index (χ2v) is 8.75. The number of benzene rings is 1. The van der Waals surface area contributed by atoms with Gasteiger partial charge in [-0.25, -0.2) is 13.4 Å². The smallest absolute Gasteiger partial charge is 0.270 e. The minimum Gasteiger partial charge on any atom is -0.473 e. The van der Waals surface area contributed by atoms with Crippen molar-refractivity contribution in [3.63, 3.8) is 0 Å². The largest absolute Gasteiger partial charge is 0.473 e. The summed E-state index contributed by atoms with van der Waals surface area (Å²) in [6.45, 7) is 5.73. The highest BCUT2D eigenvalue weighted by Gasteiger charge is 2.33. The molecule has 2 heterocycles. The molecule has 0 bridgehead atoms. The lowest BCUT2D eigenvalue weighted by atomic mass is 10.1. The highest BCUT2D eigenvalue weighted by Crippen LogP contribution is 2.28. The average molecular weight is 406 g/mol. The molecule has 1 saturated heterocycles. The van der Waals surface area contributed by atoms with E-state index in [9.17, 15) is 18.5 Å². The molecular formula is C18H22N4O5S. The molecule has 1 aliphatic heterocycles. The lowest BCUT2D eigenvalue weighted by Crippen LogP contribution is -2.44. The Morgan fingerprint density at radius 2 is 1.96 bits per heavy atom. The molecule has 10 heteroatoms. The summed E-state index contributed by atoms with van der Waals surface area (Å²) in [7, 11) is -3.87. The zero-order valence-corrected chi connectivity index (χ0v) is 16.8. The van der Waals surface area contributed by atoms with E-state index in [1.165, 1.54) is 16.4 Å². The summed E-state index contributed by atoms with van der Waals surface area (Å²) in [5, 5.41) is 11.0. The van der Waals surface area contributed by atoms with Crippen molar-refractivity contribution in [1.29, 1.82) is 0 Å². The Morgan fingerprint density at radius 1 is 1.21 bits per heavy atom. The molecule has 150 valence electrons. The van der Waals surface area contributed by atoms with Crippen LogP contribution in [0.15, 0.2) is 29.2 Å². The Morgan fingerprint density at radius 3 is 2.64 bits per heavy atom. The van der Waals surface area contributed by atoms with Gasteiger partial charge in [0, 0.05) is 30.4 Å². The van der Waals surface area contributed by atoms with Crippen LogP contribution in [0.2, 0.25) is 0 Å². The molecule has 3 rings (SSSR count). The minimum atomic E-state index is -3.87. The molecule has 0 spiro atoms. The SMILES string of the molecule is Cc1cc(OC2CCCN(S(=O)(=O)c3cc([N+](=O)[O-])ccc3C)C2)nc(C)n1. The standard InChI is InChI=1S/C18H22N4O5S/c1-12-6-7-15(22(23)24)10-17(12)28(25,26)21-8-4-5-16(11-21)27-18-9-13(2)19-14(3)20-18/h6-7,9-10,16H,4-5,8,11H2,1-3H3. The molecule has 0 amide bonds. The van der Waals surface area contributed by atoms with Crippen LogP contribution in [0.25, 0.3) is 0 Å². The van der Waals surface area contributed by atoms with Gasteiger partial charge in [0.1, 0.15) is 11.9 Å². The maximum atomic E-state index is 13.1. The Bertz CT molecular complexity index is 989. The van der Waals surface area contributed by atoms with Gasteiger partial charge >= 0.3 is 0 Å². The zero-order valence-electron chi connectivity index (χ0n) is 16.0. The first-order valence-corrected chi connectivity index (χ1v) is 10.3. The number of non-ortho nitro benzene ring substituents is 1. The Hall–Kier alpha value is -2.59. The van der Waals surface area contributed by atoms with E-state index in [0.717, 1.165) is 11.8 Å². The van der Waals surface area contributed by atoms with Gasteiger partial charge in [-0.05, 0) is 39.2 Å². The minimum absolute atomic E-state index is 0.0453. The van der Waals surface area contributed by atoms with Crippen molar-refractivity contribution in [1.82, 2.24) is 14.3 Å². The lowest BCUT2D eigenvalue weighted by Gasteiger charge is -2.32. The summed E-state index contributed by atoms with van der Waals surface area (Å²) >= 11 is 0. The first-order chi connectivity index (χ1) is 13.2. The van der Waals surface area contributed by atoms with Gasteiger partial charge in [0.05, 0.1) is 16.4 Å². The number of nitrogens with zero attached hydrogens (tertiary/aromatic N) is 4. The topological polar surface area (TPSA) is 116 Å². The molecule has 1 unspecified atom stereocenters. The van der Waals surface area contributed by atoms with Crippen LogP contribution in [0, 0.1) is 30.9 Å². The van der Waals surface area contributed by atoms with Gasteiger partial charge in [0.25, 0.3) is 5.69 Å². The van der Waals surface area contributed by atoms with Gasteiger partial charge in [-0.15, -0.1) is 0 Å². The van der Waals surface area contributed by atoms with E-state index in [1.54, 1.807) is 19.9 Å². The Kier molecular flexibility index (Phi) is 5.61. The molecule has 0 aliphatic carbocycles. The first-order valence-electron chi connectivity index (χ1n) is 8.91. The number of hydrogen-bond donors (Lipinski definition) is 0. The fourth-order valence-corrected chi connectivity index (χ4v) is 5.01. The van der Waals surface area contributed by atoms with Crippen molar-refractivity contribution in [2.45, 2.75) is 44.6 Å². The number of aromatic nitrogens is 2. The van der Waals surface area contributed by atoms with Crippen LogP contribution in [0.5, 0.6) is 5.88 Å². The van der Waals surface area contributed by atoms with Crippen molar-refractivity contribution < 1.29 is 18.1 Å². The van der Waals surface area contributed by atoms with Gasteiger partial charge in [-0.3, -0.25) is 10.1 Å². The first kappa shape index (κ1) is 20.2. The number of ether oxygens (including phenoxy) is 1. The molecular weight excluding hydrogens is 384 g/mol. The predicted molar refractivity (Wildman–Crippen MR) is 102 cm³/mol. The monoisotopic (exact) mass is 406 g/mol. The van der Waals surface area contributed by atoms with Crippen molar-refractivity contribution >= 4 is 15.7 Å². The summed E-state index contributed by atoms with van der Waals surface area (Å²) in [5.74, 6) is 1.00. The third-order valence-corrected chi connectivity index (χ3v) is 6.58. The number of rotatable bonds is 5. The lowest BCUT2D eigenvalue weighted by molar-refractivity contribution is -0.385. The van der Waals surface area contributed by atoms with E-state index in [-0.39, 0.29) is 23.2 Å². The number of piperidine rings is 1. The molecule has 28 heavy (non-hydrogen) atoms. The fraction of sp³-hybridized carbons (Fsp3) is 0.444. The maximum Gasteiger partial charge on any atom is 0.270 e. The molecule has 1 aliphatic rings. The Balaban J connectivity index is 1.83. The second kappa shape index (κ2) is 7.80. The number of nitro benzene ring substituents is 1. The van der Waals surface area contributed by atoms with Crippen LogP contribution in [-0.2, 0) is 10.0 Å². The third kappa shape index (κ3) is 4.28. The number of nitro groups is 1. The van der Waals surface area contributed by atoms with Crippen molar-refractivity contribution in [2.75, 3.05) is 13.1 Å². The normalized spacial score (nSPS) is 18.0. The van der Waals surface area contributed by atoms with Crippen LogP contribution in [0.4, 0.5) is 5.69 Å². The van der Waals surface area contributed by atoms with Gasteiger partial charge in [0.15, 0.2) is 0 Å². The summed E-state index contributed by atoms with van der Waals surface area (Å²) in [6, 6.07) is 5.59. The predicted octanol–water partition coefficient (Wildman–Crippen LogP) is 2.54. The van der Waals surface area contributed by atoms with Gasteiger partial charge in [-0.1, -0.05) is 6.07 Å². The van der Waals surface area contributed by atoms with Crippen molar-refractivity contribution in [2.24, 2.45) is 0 Å². The van der Waals surface area contributed by atoms with Crippen LogP contribution in [0.1, 0.15) is 29.9 Å². The molecule has 9 nitrogen and oxygen atoms in total. The van der Waals surface area contributed by atoms with E-state index >= 15 is 0 Å². The summed E-state index contributed by atoms with van der Waals surface area (Å²) in [5.41, 5.74) is 0.992. The quantitative estimate of drug-likeness (QED) is 0.553. The highest BCUT2D eigenvalue weighted by atomic mass is 32.2. The maximum absolute atomic E-state index is 13.1. The second-order valence-electron chi connectivity index (χ2n) is 6.85. The van der Waals surface area contributed by atoms with Crippen LogP contribution in [-0.4, -0.2) is 46.8 Å². The summed E-state index contributed by atoms with van der Waals surface area (Å²) in [4.78, 5) is 18.8. The summed E-state index contributed by atoms with van der Waals surface area (Å²) in [6.07, 6.45) is 0.972. The van der Waals surface area contributed by atoms with Crippen LogP contribution >= 0.6 is 0 Å². The van der Waals surface area contributed by atoms with Crippen LogP contribution < -0.4 is 4.74 Å². The molecule has 1 aromatic heterocycles. The third-order valence-electron chi connectivity index (χ3n) is 4.57. The molecule has 1 aromatic carbocycles. The molecule has 2 aromatic rings. The highest BCUT2D eigenvalue weighted by molar-refractivity contribution is 7.89. The van der Waals surface area contributed by atoms with Crippen molar-refractivity contribution in [3.05, 3.63) is 51.5 Å². The molecule has 0 N–H and O–H groups in total. The zero-order chi connectivity index (χ0) is 20.5. The van der Waals surface area contributed by atoms with E-state index < -0.39 is 14.9 Å².